The fourth-order valence-corrected chi connectivity index (χ4v) is 3.27. The maximum atomic E-state index is 12.3. The summed E-state index contributed by atoms with van der Waals surface area (Å²) < 4.78 is 32.0. The van der Waals surface area contributed by atoms with Crippen molar-refractivity contribution in [3.05, 3.63) is 23.8 Å². The van der Waals surface area contributed by atoms with E-state index in [0.717, 1.165) is 0 Å². The van der Waals surface area contributed by atoms with E-state index in [-0.39, 0.29) is 22.8 Å². The molecule has 0 fully saturated rings. The van der Waals surface area contributed by atoms with Crippen LogP contribution >= 0.6 is 0 Å². The number of nitrogens with one attached hydrogen (secondary N) is 1. The van der Waals surface area contributed by atoms with E-state index < -0.39 is 21.5 Å². The number of carbonyl (C=O) groups excluding carboxylic acids is 1. The summed E-state index contributed by atoms with van der Waals surface area (Å²) in [5, 5.41) is 0. The molecule has 1 amide bonds. The zero-order valence-corrected chi connectivity index (χ0v) is 12.5. The summed E-state index contributed by atoms with van der Waals surface area (Å²) in [5.41, 5.74) is 10.1. The van der Waals surface area contributed by atoms with Crippen LogP contribution in [0.5, 0.6) is 0 Å². The van der Waals surface area contributed by atoms with Gasteiger partial charge in [-0.25, -0.2) is 13.1 Å². The number of hydrogen-bond donors (Lipinski definition) is 3. The average Bonchev–Trinajstić information content (AvgIpc) is 2.26. The molecule has 0 bridgehead atoms. The van der Waals surface area contributed by atoms with Gasteiger partial charge in [-0.15, -0.1) is 0 Å². The lowest BCUT2D eigenvalue weighted by molar-refractivity contribution is 0.1000. The topological polar surface area (TPSA) is 125 Å². The third kappa shape index (κ3) is 3.92. The van der Waals surface area contributed by atoms with Crippen molar-refractivity contribution in [2.45, 2.75) is 24.3 Å². The maximum absolute atomic E-state index is 12.3. The zero-order chi connectivity index (χ0) is 15.6. The number of primary amides is 1. The first-order chi connectivity index (χ1) is 9.09. The fraction of sp³-hybridized carbons (Fsp3) is 0.417. The van der Waals surface area contributed by atoms with E-state index >= 15 is 0 Å². The minimum atomic E-state index is -3.82. The van der Waals surface area contributed by atoms with Gasteiger partial charge >= 0.3 is 0 Å². The van der Waals surface area contributed by atoms with E-state index in [9.17, 15) is 13.2 Å². The monoisotopic (exact) mass is 301 g/mol. The molecule has 0 atom stereocenters. The molecule has 1 rings (SSSR count). The van der Waals surface area contributed by atoms with Crippen molar-refractivity contribution in [3.63, 3.8) is 0 Å². The van der Waals surface area contributed by atoms with E-state index in [1.54, 1.807) is 13.8 Å². The Bertz CT molecular complexity index is 611. The number of benzene rings is 1. The highest BCUT2D eigenvalue weighted by Crippen LogP contribution is 2.21. The van der Waals surface area contributed by atoms with Crippen molar-refractivity contribution in [2.24, 2.45) is 5.73 Å². The molecule has 0 aliphatic carbocycles. The predicted octanol–water partition coefficient (Wildman–Crippen LogP) is 0.0710. The molecule has 0 saturated heterocycles. The van der Waals surface area contributed by atoms with Crippen LogP contribution in [0.25, 0.3) is 0 Å². The third-order valence-electron chi connectivity index (χ3n) is 2.50. The largest absolute Gasteiger partial charge is 0.398 e. The maximum Gasteiger partial charge on any atom is 0.248 e. The summed E-state index contributed by atoms with van der Waals surface area (Å²) in [7, 11) is -2.34. The number of ether oxygens (including phenoxy) is 1. The molecule has 1 aromatic rings. The Hall–Kier alpha value is -1.64. The number of hydrogen-bond acceptors (Lipinski definition) is 5. The Morgan fingerprint density at radius 2 is 2.00 bits per heavy atom. The van der Waals surface area contributed by atoms with Gasteiger partial charge in [0.15, 0.2) is 0 Å². The smallest absolute Gasteiger partial charge is 0.248 e. The molecule has 0 saturated carbocycles. The second-order valence-corrected chi connectivity index (χ2v) is 6.69. The number of amides is 1. The lowest BCUT2D eigenvalue weighted by Crippen LogP contribution is -2.46. The van der Waals surface area contributed by atoms with Gasteiger partial charge in [0, 0.05) is 12.7 Å². The Morgan fingerprint density at radius 1 is 1.40 bits per heavy atom. The van der Waals surface area contributed by atoms with Crippen LogP contribution in [-0.4, -0.2) is 33.6 Å². The number of rotatable bonds is 6. The van der Waals surface area contributed by atoms with Gasteiger partial charge in [-0.1, -0.05) is 0 Å². The number of carbonyl (C=O) groups is 1. The van der Waals surface area contributed by atoms with E-state index in [4.69, 9.17) is 16.2 Å². The van der Waals surface area contributed by atoms with Gasteiger partial charge in [0.2, 0.25) is 15.9 Å². The van der Waals surface area contributed by atoms with Crippen molar-refractivity contribution in [3.8, 4) is 0 Å². The minimum Gasteiger partial charge on any atom is -0.398 e. The number of nitrogens with two attached hydrogens (primary N) is 2. The van der Waals surface area contributed by atoms with Gasteiger partial charge in [-0.05, 0) is 32.0 Å². The molecule has 20 heavy (non-hydrogen) atoms. The molecule has 112 valence electrons. The van der Waals surface area contributed by atoms with Gasteiger partial charge < -0.3 is 16.2 Å². The summed E-state index contributed by atoms with van der Waals surface area (Å²) in [6.07, 6.45) is 0. The molecule has 0 spiro atoms. The summed E-state index contributed by atoms with van der Waals surface area (Å²) in [6.45, 7) is 3.57. The highest BCUT2D eigenvalue weighted by atomic mass is 32.2. The first-order valence-electron chi connectivity index (χ1n) is 5.81. The molecule has 5 N–H and O–H groups in total. The van der Waals surface area contributed by atoms with Gasteiger partial charge in [0.05, 0.1) is 17.8 Å². The molecule has 0 aliphatic heterocycles. The summed E-state index contributed by atoms with van der Waals surface area (Å²) in [5.74, 6) is -0.673. The van der Waals surface area contributed by atoms with Crippen LogP contribution in [0.2, 0.25) is 0 Å². The Labute approximate surface area is 118 Å². The Balaban J connectivity index is 3.14. The summed E-state index contributed by atoms with van der Waals surface area (Å²) >= 11 is 0. The minimum absolute atomic E-state index is 0.0398. The van der Waals surface area contributed by atoms with Crippen molar-refractivity contribution in [1.82, 2.24) is 4.72 Å². The first-order valence-corrected chi connectivity index (χ1v) is 7.29. The van der Waals surface area contributed by atoms with Gasteiger partial charge in [0.1, 0.15) is 4.90 Å². The molecular weight excluding hydrogens is 282 g/mol. The van der Waals surface area contributed by atoms with Crippen molar-refractivity contribution >= 4 is 21.6 Å². The quantitative estimate of drug-likeness (QED) is 0.641. The number of anilines is 1. The van der Waals surface area contributed by atoms with Crippen molar-refractivity contribution < 1.29 is 17.9 Å². The van der Waals surface area contributed by atoms with Crippen LogP contribution in [0.15, 0.2) is 23.1 Å². The number of methoxy groups -OCH3 is 1. The second kappa shape index (κ2) is 5.78. The lowest BCUT2D eigenvalue weighted by Gasteiger charge is -2.25. The van der Waals surface area contributed by atoms with E-state index in [1.165, 1.54) is 25.3 Å². The Kier molecular flexibility index (Phi) is 4.74. The molecule has 0 aromatic heterocycles. The third-order valence-corrected chi connectivity index (χ3v) is 4.27. The standard InChI is InChI=1S/C12H19N3O4S/c1-12(2,7-19-3)15-20(17,18)10-5-4-8(11(14)16)6-9(10)13/h4-6,15H,7,13H2,1-3H3,(H2,14,16). The summed E-state index contributed by atoms with van der Waals surface area (Å²) in [4.78, 5) is 10.9. The van der Waals surface area contributed by atoms with Crippen LogP contribution in [0, 0.1) is 0 Å². The second-order valence-electron chi connectivity index (χ2n) is 5.04. The normalized spacial score (nSPS) is 12.3. The van der Waals surface area contributed by atoms with Crippen LogP contribution in [0.1, 0.15) is 24.2 Å². The molecule has 1 aromatic carbocycles. The molecule has 0 unspecified atom stereocenters. The SMILES string of the molecule is COCC(C)(C)NS(=O)(=O)c1ccc(C(N)=O)cc1N. The summed E-state index contributed by atoms with van der Waals surface area (Å²) in [6, 6.07) is 3.80. The average molecular weight is 301 g/mol. The highest BCUT2D eigenvalue weighted by Gasteiger charge is 2.27. The molecule has 0 aliphatic rings. The number of nitrogen functional groups attached to an aromatic ring is 1. The molecule has 7 nitrogen and oxygen atoms in total. The highest BCUT2D eigenvalue weighted by molar-refractivity contribution is 7.89. The van der Waals surface area contributed by atoms with Crippen molar-refractivity contribution in [1.29, 1.82) is 0 Å². The van der Waals surface area contributed by atoms with Crippen molar-refractivity contribution in [2.75, 3.05) is 19.5 Å². The molecular formula is C12H19N3O4S. The molecule has 0 radical (unpaired) electrons. The Morgan fingerprint density at radius 3 is 2.45 bits per heavy atom. The van der Waals surface area contributed by atoms with E-state index in [0.29, 0.717) is 0 Å². The fourth-order valence-electron chi connectivity index (χ4n) is 1.76. The zero-order valence-electron chi connectivity index (χ0n) is 11.6. The predicted molar refractivity (Wildman–Crippen MR) is 75.6 cm³/mol. The van der Waals surface area contributed by atoms with Crippen LogP contribution < -0.4 is 16.2 Å². The van der Waals surface area contributed by atoms with Crippen LogP contribution in [-0.2, 0) is 14.8 Å². The number of sulfonamides is 1. The van der Waals surface area contributed by atoms with E-state index in [2.05, 4.69) is 4.72 Å². The van der Waals surface area contributed by atoms with Gasteiger partial charge in [-0.2, -0.15) is 0 Å². The molecule has 0 heterocycles. The first kappa shape index (κ1) is 16.4. The van der Waals surface area contributed by atoms with E-state index in [1.807, 2.05) is 0 Å². The lowest BCUT2D eigenvalue weighted by atomic mass is 10.1. The van der Waals surface area contributed by atoms with Crippen LogP contribution in [0.4, 0.5) is 5.69 Å². The van der Waals surface area contributed by atoms with Gasteiger partial charge in [0.25, 0.3) is 0 Å². The van der Waals surface area contributed by atoms with Gasteiger partial charge in [-0.3, -0.25) is 4.79 Å². The van der Waals surface area contributed by atoms with Crippen LogP contribution in [0.3, 0.4) is 0 Å². The molecule has 8 heteroatoms.